The van der Waals surface area contributed by atoms with E-state index in [2.05, 4.69) is 9.47 Å². The molecule has 1 heterocycles. The Hall–Kier alpha value is -0.980. The van der Waals surface area contributed by atoms with Gasteiger partial charge in [-0.3, -0.25) is 0 Å². The van der Waals surface area contributed by atoms with Crippen LogP contribution in [0.1, 0.15) is 9.67 Å². The third kappa shape index (κ3) is 5.37. The topological polar surface area (TPSA) is 61.8 Å². The van der Waals surface area contributed by atoms with Gasteiger partial charge in [-0.25, -0.2) is 9.59 Å². The lowest BCUT2D eigenvalue weighted by molar-refractivity contribution is -0.144. The van der Waals surface area contributed by atoms with Gasteiger partial charge in [0.05, 0.1) is 6.61 Å². The molecule has 1 aromatic heterocycles. The Kier molecular flexibility index (Phi) is 6.31. The zero-order valence-corrected chi connectivity index (χ0v) is 12.8. The van der Waals surface area contributed by atoms with Crippen LogP contribution in [-0.4, -0.2) is 30.8 Å². The molecule has 110 valence electrons. The summed E-state index contributed by atoms with van der Waals surface area (Å²) in [5, 5.41) is -0.0779. The Labute approximate surface area is 137 Å². The highest BCUT2D eigenvalue weighted by Gasteiger charge is 2.28. The molecule has 0 spiro atoms. The van der Waals surface area contributed by atoms with Crippen molar-refractivity contribution in [3.63, 3.8) is 0 Å². The summed E-state index contributed by atoms with van der Waals surface area (Å²) in [6.45, 7) is 19.6. The maximum atomic E-state index is 11.8. The van der Waals surface area contributed by atoms with E-state index in [1.807, 2.05) is 0 Å². The summed E-state index contributed by atoms with van der Waals surface area (Å²) < 4.78 is 14.1. The minimum atomic E-state index is -2.18. The SMILES string of the molecule is [CH]COC(=O)COc1c(C(=O)OC([CH])([CH])[CH])sc(Cl)c1Cl. The van der Waals surface area contributed by atoms with E-state index in [1.165, 1.54) is 0 Å². The summed E-state index contributed by atoms with van der Waals surface area (Å²) >= 11 is 12.4. The predicted octanol–water partition coefficient (Wildman–Crippen LogP) is 2.72. The number of rotatable bonds is 6. The molecule has 0 aromatic carbocycles. The van der Waals surface area contributed by atoms with Crippen LogP contribution in [0.3, 0.4) is 0 Å². The Balaban J connectivity index is 2.93. The summed E-state index contributed by atoms with van der Waals surface area (Å²) in [4.78, 5) is 22.8. The van der Waals surface area contributed by atoms with Gasteiger partial charge in [-0.1, -0.05) is 23.2 Å². The van der Waals surface area contributed by atoms with Crippen LogP contribution in [0.15, 0.2) is 0 Å². The van der Waals surface area contributed by atoms with Crippen molar-refractivity contribution in [1.29, 1.82) is 0 Å². The Morgan fingerprint density at radius 1 is 1.24 bits per heavy atom. The van der Waals surface area contributed by atoms with Crippen molar-refractivity contribution in [1.82, 2.24) is 0 Å². The molecule has 0 N–H and O–H groups in total. The Bertz CT molecular complexity index is 533. The van der Waals surface area contributed by atoms with Crippen molar-refractivity contribution >= 4 is 46.5 Å². The van der Waals surface area contributed by atoms with Crippen LogP contribution in [0.5, 0.6) is 5.75 Å². The normalized spacial score (nSPS) is 11.1. The average molecular weight is 347 g/mol. The molecule has 0 bridgehead atoms. The standard InChI is InChI=1S/C13H8Cl2O5S/c1-5-18-7(16)6-19-9-8(14)11(15)21-10(9)12(17)20-13(2,3)4/h1-4H,5-6H2. The molecular formula is C13H8Cl2O5S. The van der Waals surface area contributed by atoms with Crippen LogP contribution in [-0.2, 0) is 14.3 Å². The summed E-state index contributed by atoms with van der Waals surface area (Å²) in [6.07, 6.45) is 0. The van der Waals surface area contributed by atoms with E-state index in [-0.39, 0.29) is 26.6 Å². The van der Waals surface area contributed by atoms with Crippen molar-refractivity contribution in [2.75, 3.05) is 13.2 Å². The number of hydrogen-bond donors (Lipinski definition) is 0. The fourth-order valence-corrected chi connectivity index (χ4v) is 2.48. The third-order valence-corrected chi connectivity index (χ3v) is 3.73. The van der Waals surface area contributed by atoms with E-state index in [9.17, 15) is 9.59 Å². The van der Waals surface area contributed by atoms with Gasteiger partial charge in [-0.15, -0.1) is 11.3 Å². The number of halogens is 2. The van der Waals surface area contributed by atoms with Gasteiger partial charge in [-0.05, 0) is 0 Å². The quantitative estimate of drug-likeness (QED) is 0.741. The maximum absolute atomic E-state index is 11.8. The van der Waals surface area contributed by atoms with Gasteiger partial charge in [0, 0.05) is 27.7 Å². The second-order valence-corrected chi connectivity index (χ2v) is 5.56. The minimum absolute atomic E-state index is 0.0440. The van der Waals surface area contributed by atoms with Gasteiger partial charge in [0.2, 0.25) is 0 Å². The second-order valence-electron chi connectivity index (χ2n) is 3.56. The molecule has 0 aliphatic rings. The maximum Gasteiger partial charge on any atom is 0.352 e. The lowest BCUT2D eigenvalue weighted by atomic mass is 10.2. The van der Waals surface area contributed by atoms with E-state index in [4.69, 9.17) is 55.6 Å². The molecule has 0 amide bonds. The van der Waals surface area contributed by atoms with E-state index < -0.39 is 24.1 Å². The van der Waals surface area contributed by atoms with E-state index >= 15 is 0 Å². The van der Waals surface area contributed by atoms with Crippen molar-refractivity contribution in [3.8, 4) is 5.75 Å². The fraction of sp³-hybridized carbons (Fsp3) is 0.231. The summed E-state index contributed by atoms with van der Waals surface area (Å²) in [7, 11) is 0. The lowest BCUT2D eigenvalue weighted by Gasteiger charge is -2.17. The van der Waals surface area contributed by atoms with Gasteiger partial charge >= 0.3 is 11.9 Å². The van der Waals surface area contributed by atoms with E-state index in [0.717, 1.165) is 11.3 Å². The zero-order chi connectivity index (χ0) is 16.2. The number of esters is 2. The van der Waals surface area contributed by atoms with Crippen molar-refractivity contribution in [3.05, 3.63) is 41.9 Å². The summed E-state index contributed by atoms with van der Waals surface area (Å²) in [5.74, 6) is -1.94. The highest BCUT2D eigenvalue weighted by Crippen LogP contribution is 2.43. The highest BCUT2D eigenvalue weighted by atomic mass is 35.5. The minimum Gasteiger partial charge on any atom is -0.478 e. The number of carbonyl (C=O) groups excluding carboxylic acids is 2. The van der Waals surface area contributed by atoms with Crippen LogP contribution in [0.2, 0.25) is 9.36 Å². The smallest absolute Gasteiger partial charge is 0.352 e. The first-order valence-electron chi connectivity index (χ1n) is 5.22. The highest BCUT2D eigenvalue weighted by molar-refractivity contribution is 7.19. The first-order chi connectivity index (χ1) is 9.65. The largest absolute Gasteiger partial charge is 0.478 e. The van der Waals surface area contributed by atoms with E-state index in [1.54, 1.807) is 0 Å². The molecule has 0 aliphatic carbocycles. The summed E-state index contributed by atoms with van der Waals surface area (Å²) in [6, 6.07) is 0. The fourth-order valence-electron chi connectivity index (χ4n) is 1.11. The Morgan fingerprint density at radius 3 is 2.38 bits per heavy atom. The average Bonchev–Trinajstić information content (AvgIpc) is 2.62. The van der Waals surface area contributed by atoms with Crippen molar-refractivity contribution < 1.29 is 23.8 Å². The molecule has 0 unspecified atom stereocenters. The molecule has 21 heavy (non-hydrogen) atoms. The number of carbonyl (C=O) groups is 2. The molecule has 0 fully saturated rings. The molecular weight excluding hydrogens is 339 g/mol. The van der Waals surface area contributed by atoms with Gasteiger partial charge in [0.25, 0.3) is 0 Å². The number of hydrogen-bond acceptors (Lipinski definition) is 6. The Morgan fingerprint density at radius 2 is 1.86 bits per heavy atom. The van der Waals surface area contributed by atoms with Crippen molar-refractivity contribution in [2.24, 2.45) is 0 Å². The van der Waals surface area contributed by atoms with E-state index in [0.29, 0.717) is 0 Å². The number of ether oxygens (including phenoxy) is 3. The van der Waals surface area contributed by atoms with Crippen LogP contribution in [0.4, 0.5) is 0 Å². The molecule has 0 atom stereocenters. The monoisotopic (exact) mass is 346 g/mol. The van der Waals surface area contributed by atoms with Crippen LogP contribution < -0.4 is 4.74 Å². The molecule has 8 heteroatoms. The molecule has 1 aromatic rings. The number of thiophene rings is 1. The van der Waals surface area contributed by atoms with Crippen LogP contribution in [0, 0.1) is 27.7 Å². The molecule has 0 saturated carbocycles. The van der Waals surface area contributed by atoms with Gasteiger partial charge in [0.1, 0.15) is 15.0 Å². The van der Waals surface area contributed by atoms with Gasteiger partial charge < -0.3 is 14.2 Å². The van der Waals surface area contributed by atoms with Crippen LogP contribution in [0.25, 0.3) is 0 Å². The first kappa shape index (κ1) is 18.1. The molecule has 0 saturated heterocycles. The second kappa shape index (κ2) is 7.33. The molecule has 5 nitrogen and oxygen atoms in total. The molecule has 8 radical (unpaired) electrons. The lowest BCUT2D eigenvalue weighted by Crippen LogP contribution is -2.25. The molecule has 1 rings (SSSR count). The summed E-state index contributed by atoms with van der Waals surface area (Å²) in [5.41, 5.74) is -2.18. The van der Waals surface area contributed by atoms with Gasteiger partial charge in [0.15, 0.2) is 17.2 Å². The van der Waals surface area contributed by atoms with Crippen molar-refractivity contribution in [2.45, 2.75) is 5.60 Å². The van der Waals surface area contributed by atoms with Crippen LogP contribution >= 0.6 is 34.5 Å². The van der Waals surface area contributed by atoms with Gasteiger partial charge in [-0.2, -0.15) is 0 Å². The zero-order valence-electron chi connectivity index (χ0n) is 10.4. The first-order valence-corrected chi connectivity index (χ1v) is 6.79. The third-order valence-electron chi connectivity index (χ3n) is 1.80. The molecule has 0 aliphatic heterocycles. The predicted molar refractivity (Wildman–Crippen MR) is 76.1 cm³/mol.